The number of aliphatic hydroxyl groups is 1. The third-order valence-corrected chi connectivity index (χ3v) is 7.45. The molecule has 1 fully saturated rings. The maximum atomic E-state index is 12.3. The summed E-state index contributed by atoms with van der Waals surface area (Å²) in [7, 11) is 1.29. The predicted octanol–water partition coefficient (Wildman–Crippen LogP) is 4.22. The van der Waals surface area contributed by atoms with Crippen LogP contribution in [-0.4, -0.2) is 60.1 Å². The van der Waals surface area contributed by atoms with Crippen LogP contribution in [-0.2, 0) is 14.3 Å². The van der Waals surface area contributed by atoms with Gasteiger partial charge in [0, 0.05) is 23.9 Å². The highest BCUT2D eigenvalue weighted by Crippen LogP contribution is 2.36. The average Bonchev–Trinajstić information content (AvgIpc) is 2.78. The number of rotatable bonds is 9. The van der Waals surface area contributed by atoms with E-state index in [0.29, 0.717) is 36.0 Å². The number of carbonyl (C=O) groups is 2. The Balaban J connectivity index is 1.89. The van der Waals surface area contributed by atoms with Gasteiger partial charge in [-0.25, -0.2) is 4.79 Å². The molecule has 1 aliphatic heterocycles. The van der Waals surface area contributed by atoms with Crippen LogP contribution in [0.1, 0.15) is 38.7 Å². The number of ether oxygens (including phenoxy) is 1. The van der Waals surface area contributed by atoms with Crippen LogP contribution in [0.2, 0.25) is 10.0 Å². The van der Waals surface area contributed by atoms with E-state index in [2.05, 4.69) is 17.0 Å². The summed E-state index contributed by atoms with van der Waals surface area (Å²) in [6.45, 7) is 4.84. The minimum Gasteiger partial charge on any atom is -0.467 e. The van der Waals surface area contributed by atoms with Gasteiger partial charge in [-0.15, -0.1) is 11.8 Å². The first-order valence-corrected chi connectivity index (χ1v) is 12.1. The average molecular weight is 489 g/mol. The van der Waals surface area contributed by atoms with Gasteiger partial charge >= 0.3 is 5.97 Å². The van der Waals surface area contributed by atoms with Crippen LogP contribution in [0.25, 0.3) is 6.08 Å². The third-order valence-electron chi connectivity index (χ3n) is 5.17. The zero-order valence-corrected chi connectivity index (χ0v) is 20.4. The van der Waals surface area contributed by atoms with E-state index in [1.807, 2.05) is 17.0 Å². The minimum atomic E-state index is -0.790. The number of carbonyl (C=O) groups excluding carboxylic acids is 2. The standard InChI is InChI=1S/C22H30Cl2N2O4S/c1-4-13-31-17-7-5-15(19(23)20(17)24)6-8-18(27)26-11-9-16(10-12-26)21(28)25-14(2)22(29)30-3/h5-8,14,16,18,27H,4,9-13H2,1-3H3,(H,25,28)/b8-6+/t14-,18?/m0/s1. The molecule has 0 saturated carbocycles. The number of hydrogen-bond acceptors (Lipinski definition) is 6. The van der Waals surface area contributed by atoms with Crippen molar-refractivity contribution in [2.24, 2.45) is 5.92 Å². The minimum absolute atomic E-state index is 0.162. The fourth-order valence-electron chi connectivity index (χ4n) is 3.30. The lowest BCUT2D eigenvalue weighted by Gasteiger charge is -2.33. The molecule has 6 nitrogen and oxygen atoms in total. The van der Waals surface area contributed by atoms with Crippen molar-refractivity contribution >= 4 is 52.9 Å². The molecule has 0 aromatic heterocycles. The Hall–Kier alpha value is -1.25. The molecule has 0 spiro atoms. The van der Waals surface area contributed by atoms with E-state index in [1.165, 1.54) is 7.11 Å². The molecule has 2 rings (SSSR count). The Bertz CT molecular complexity index is 798. The molecule has 2 N–H and O–H groups in total. The second kappa shape index (κ2) is 12.7. The van der Waals surface area contributed by atoms with E-state index in [1.54, 1.807) is 30.8 Å². The predicted molar refractivity (Wildman–Crippen MR) is 126 cm³/mol. The molecule has 1 unspecified atom stereocenters. The monoisotopic (exact) mass is 488 g/mol. The number of likely N-dealkylation sites (tertiary alicyclic amines) is 1. The number of nitrogens with one attached hydrogen (secondary N) is 1. The number of nitrogens with zero attached hydrogens (tertiary/aromatic N) is 1. The number of hydrogen-bond donors (Lipinski definition) is 2. The second-order valence-corrected chi connectivity index (χ2v) is 9.36. The molecule has 1 heterocycles. The van der Waals surface area contributed by atoms with Crippen molar-refractivity contribution in [3.8, 4) is 0 Å². The molecule has 9 heteroatoms. The van der Waals surface area contributed by atoms with E-state index >= 15 is 0 Å². The molecule has 1 saturated heterocycles. The van der Waals surface area contributed by atoms with Crippen LogP contribution in [0, 0.1) is 5.92 Å². The maximum Gasteiger partial charge on any atom is 0.328 e. The van der Waals surface area contributed by atoms with E-state index in [4.69, 9.17) is 23.2 Å². The van der Waals surface area contributed by atoms with Gasteiger partial charge in [-0.1, -0.05) is 42.3 Å². The van der Waals surface area contributed by atoms with Crippen LogP contribution < -0.4 is 5.32 Å². The topological polar surface area (TPSA) is 78.9 Å². The molecule has 1 aromatic rings. The van der Waals surface area contributed by atoms with Gasteiger partial charge in [0.1, 0.15) is 12.3 Å². The first-order chi connectivity index (χ1) is 14.8. The molecular weight excluding hydrogens is 459 g/mol. The number of aliphatic hydroxyl groups excluding tert-OH is 1. The molecule has 172 valence electrons. The highest BCUT2D eigenvalue weighted by molar-refractivity contribution is 7.99. The highest BCUT2D eigenvalue weighted by atomic mass is 35.5. The highest BCUT2D eigenvalue weighted by Gasteiger charge is 2.29. The Morgan fingerprint density at radius 1 is 1.32 bits per heavy atom. The van der Waals surface area contributed by atoms with E-state index in [-0.39, 0.29) is 11.8 Å². The number of thioether (sulfide) groups is 1. The van der Waals surface area contributed by atoms with Crippen molar-refractivity contribution in [2.75, 3.05) is 26.0 Å². The van der Waals surface area contributed by atoms with Gasteiger partial charge in [0.25, 0.3) is 0 Å². The van der Waals surface area contributed by atoms with Crippen molar-refractivity contribution < 1.29 is 19.4 Å². The fraction of sp³-hybridized carbons (Fsp3) is 0.545. The molecule has 0 bridgehead atoms. The van der Waals surface area contributed by atoms with Gasteiger partial charge in [0.2, 0.25) is 5.91 Å². The van der Waals surface area contributed by atoms with Gasteiger partial charge in [-0.2, -0.15) is 0 Å². The van der Waals surface area contributed by atoms with Gasteiger partial charge in [-0.05, 0) is 49.6 Å². The lowest BCUT2D eigenvalue weighted by Crippen LogP contribution is -2.47. The molecule has 1 amide bonds. The lowest BCUT2D eigenvalue weighted by molar-refractivity contribution is -0.145. The fourth-order valence-corrected chi connectivity index (χ4v) is 4.74. The third kappa shape index (κ3) is 7.39. The smallest absolute Gasteiger partial charge is 0.328 e. The van der Waals surface area contributed by atoms with Crippen molar-refractivity contribution in [1.82, 2.24) is 10.2 Å². The number of methoxy groups -OCH3 is 1. The first kappa shape index (κ1) is 26.0. The summed E-state index contributed by atoms with van der Waals surface area (Å²) in [5.41, 5.74) is 0.748. The number of piperidine rings is 1. The van der Waals surface area contributed by atoms with Crippen LogP contribution in [0.15, 0.2) is 23.1 Å². The summed E-state index contributed by atoms with van der Waals surface area (Å²) in [5, 5.41) is 14.2. The van der Waals surface area contributed by atoms with Crippen LogP contribution >= 0.6 is 35.0 Å². The number of amides is 1. The number of benzene rings is 1. The van der Waals surface area contributed by atoms with E-state index < -0.39 is 18.2 Å². The molecule has 1 aliphatic rings. The quantitative estimate of drug-likeness (QED) is 0.400. The molecular formula is C22H30Cl2N2O4S. The molecule has 1 aromatic carbocycles. The number of halogens is 2. The zero-order valence-electron chi connectivity index (χ0n) is 18.1. The maximum absolute atomic E-state index is 12.3. The van der Waals surface area contributed by atoms with Gasteiger partial charge in [0.15, 0.2) is 0 Å². The Morgan fingerprint density at radius 3 is 2.61 bits per heavy atom. The normalized spacial score (nSPS) is 17.5. The van der Waals surface area contributed by atoms with Gasteiger partial charge in [0.05, 0.1) is 17.2 Å². The SMILES string of the molecule is CCCSc1ccc(/C=C/C(O)N2CCC(C(=O)N[C@@H](C)C(=O)OC)CC2)c(Cl)c1Cl. The Kier molecular flexibility index (Phi) is 10.7. The van der Waals surface area contributed by atoms with Crippen LogP contribution in [0.4, 0.5) is 0 Å². The molecule has 31 heavy (non-hydrogen) atoms. The van der Waals surface area contributed by atoms with E-state index in [9.17, 15) is 14.7 Å². The first-order valence-electron chi connectivity index (χ1n) is 10.4. The zero-order chi connectivity index (χ0) is 23.0. The van der Waals surface area contributed by atoms with Crippen molar-refractivity contribution in [1.29, 1.82) is 0 Å². The Morgan fingerprint density at radius 2 is 2.00 bits per heavy atom. The Labute approximate surface area is 198 Å². The van der Waals surface area contributed by atoms with Gasteiger partial charge < -0.3 is 15.2 Å². The van der Waals surface area contributed by atoms with Crippen LogP contribution in [0.3, 0.4) is 0 Å². The molecule has 0 radical (unpaired) electrons. The summed E-state index contributed by atoms with van der Waals surface area (Å²) in [4.78, 5) is 26.6. The molecule has 0 aliphatic carbocycles. The number of esters is 1. The lowest BCUT2D eigenvalue weighted by atomic mass is 9.95. The summed E-state index contributed by atoms with van der Waals surface area (Å²) >= 11 is 14.5. The second-order valence-electron chi connectivity index (χ2n) is 7.47. The summed E-state index contributed by atoms with van der Waals surface area (Å²) in [6.07, 6.45) is 4.90. The van der Waals surface area contributed by atoms with Crippen LogP contribution in [0.5, 0.6) is 0 Å². The molecule has 2 atom stereocenters. The van der Waals surface area contributed by atoms with Crippen molar-refractivity contribution in [2.45, 2.75) is 50.3 Å². The van der Waals surface area contributed by atoms with Crippen molar-refractivity contribution in [3.05, 3.63) is 33.8 Å². The summed E-state index contributed by atoms with van der Waals surface area (Å²) < 4.78 is 4.63. The summed E-state index contributed by atoms with van der Waals surface area (Å²) in [6, 6.07) is 3.17. The van der Waals surface area contributed by atoms with Crippen molar-refractivity contribution in [3.63, 3.8) is 0 Å². The van der Waals surface area contributed by atoms with Gasteiger partial charge in [-0.3, -0.25) is 9.69 Å². The summed E-state index contributed by atoms with van der Waals surface area (Å²) in [5.74, 6) is 0.146. The van der Waals surface area contributed by atoms with E-state index in [0.717, 1.165) is 22.6 Å². The largest absolute Gasteiger partial charge is 0.467 e.